The van der Waals surface area contributed by atoms with Crippen molar-refractivity contribution in [3.8, 4) is 17.5 Å². The molecule has 8 heteroatoms. The van der Waals surface area contributed by atoms with E-state index in [0.29, 0.717) is 5.56 Å². The Hall–Kier alpha value is -3.21. The molecule has 0 saturated carbocycles. The maximum absolute atomic E-state index is 11.4. The highest BCUT2D eigenvalue weighted by Gasteiger charge is 2.28. The van der Waals surface area contributed by atoms with E-state index < -0.39 is 16.6 Å². The molecular formula is C12H9N5O3. The molecule has 2 aromatic rings. The fraction of sp³-hybridized carbons (Fsp3) is 0.0833. The van der Waals surface area contributed by atoms with Crippen LogP contribution in [-0.2, 0) is 7.05 Å². The number of nitrogens with two attached hydrogens (primary N) is 1. The molecule has 0 aliphatic heterocycles. The van der Waals surface area contributed by atoms with E-state index in [1.807, 2.05) is 0 Å². The van der Waals surface area contributed by atoms with E-state index in [0.717, 1.165) is 0 Å². The molecule has 0 bridgehead atoms. The number of hydrogen-bond donors (Lipinski definition) is 1. The summed E-state index contributed by atoms with van der Waals surface area (Å²) in [6.07, 6.45) is 0. The maximum Gasteiger partial charge on any atom is 0.400 e. The van der Waals surface area contributed by atoms with E-state index in [-0.39, 0.29) is 17.1 Å². The fourth-order valence-corrected chi connectivity index (χ4v) is 1.87. The van der Waals surface area contributed by atoms with Gasteiger partial charge in [0.15, 0.2) is 0 Å². The molecule has 1 aromatic carbocycles. The number of benzene rings is 1. The van der Waals surface area contributed by atoms with Crippen LogP contribution >= 0.6 is 0 Å². The van der Waals surface area contributed by atoms with Gasteiger partial charge in [0.05, 0.1) is 11.1 Å². The van der Waals surface area contributed by atoms with Gasteiger partial charge in [-0.05, 0) is 22.0 Å². The molecule has 1 amide bonds. The molecule has 0 radical (unpaired) electrons. The highest BCUT2D eigenvalue weighted by Crippen LogP contribution is 2.27. The lowest BCUT2D eigenvalue weighted by molar-refractivity contribution is -0.389. The number of amides is 1. The van der Waals surface area contributed by atoms with Gasteiger partial charge in [0.1, 0.15) is 6.07 Å². The molecule has 1 aromatic heterocycles. The Morgan fingerprint density at radius 2 is 2.15 bits per heavy atom. The topological polar surface area (TPSA) is 128 Å². The van der Waals surface area contributed by atoms with E-state index in [2.05, 4.69) is 4.98 Å². The SMILES string of the molecule is Cn1c(-c2ccccc2C(N)=O)nc([N+](=O)[O-])c1C#N. The number of aromatic nitrogens is 2. The minimum absolute atomic E-state index is 0.141. The third kappa shape index (κ3) is 1.97. The summed E-state index contributed by atoms with van der Waals surface area (Å²) in [5.74, 6) is -1.09. The van der Waals surface area contributed by atoms with Gasteiger partial charge in [0, 0.05) is 7.05 Å². The fourth-order valence-electron chi connectivity index (χ4n) is 1.87. The number of carbonyl (C=O) groups excluding carboxylic acids is 1. The Morgan fingerprint density at radius 3 is 2.65 bits per heavy atom. The van der Waals surface area contributed by atoms with Crippen molar-refractivity contribution in [1.29, 1.82) is 5.26 Å². The molecule has 0 aliphatic carbocycles. The van der Waals surface area contributed by atoms with Crippen LogP contribution in [0.4, 0.5) is 5.82 Å². The number of primary amides is 1. The summed E-state index contributed by atoms with van der Waals surface area (Å²) in [5.41, 5.74) is 5.59. The largest absolute Gasteiger partial charge is 0.400 e. The van der Waals surface area contributed by atoms with Crippen molar-refractivity contribution in [2.75, 3.05) is 0 Å². The Kier molecular flexibility index (Phi) is 3.18. The normalized spacial score (nSPS) is 10.0. The van der Waals surface area contributed by atoms with Gasteiger partial charge in [0.25, 0.3) is 5.82 Å². The molecule has 2 N–H and O–H groups in total. The van der Waals surface area contributed by atoms with Crippen LogP contribution in [0.2, 0.25) is 0 Å². The zero-order valence-electron chi connectivity index (χ0n) is 10.4. The van der Waals surface area contributed by atoms with Crippen molar-refractivity contribution in [2.45, 2.75) is 0 Å². The van der Waals surface area contributed by atoms with Crippen LogP contribution in [0.15, 0.2) is 24.3 Å². The van der Waals surface area contributed by atoms with Crippen LogP contribution in [0.5, 0.6) is 0 Å². The van der Waals surface area contributed by atoms with Crippen molar-refractivity contribution < 1.29 is 9.72 Å². The minimum atomic E-state index is -0.741. The summed E-state index contributed by atoms with van der Waals surface area (Å²) in [6.45, 7) is 0. The third-order valence-corrected chi connectivity index (χ3v) is 2.79. The summed E-state index contributed by atoms with van der Waals surface area (Å²) in [5, 5.41) is 19.9. The number of imidazole rings is 1. The molecule has 0 fully saturated rings. The van der Waals surface area contributed by atoms with Gasteiger partial charge < -0.3 is 15.8 Å². The summed E-state index contributed by atoms with van der Waals surface area (Å²) in [6, 6.07) is 8.04. The zero-order chi connectivity index (χ0) is 14.9. The van der Waals surface area contributed by atoms with E-state index >= 15 is 0 Å². The number of carbonyl (C=O) groups is 1. The molecule has 100 valence electrons. The van der Waals surface area contributed by atoms with E-state index in [9.17, 15) is 14.9 Å². The standard InChI is InChI=1S/C12H9N5O3/c1-16-9(6-13)12(17(19)20)15-11(16)8-5-3-2-4-7(8)10(14)18/h2-5H,1H3,(H2,14,18). The Bertz CT molecular complexity index is 757. The predicted molar refractivity (Wildman–Crippen MR) is 68.5 cm³/mol. The average Bonchev–Trinajstić information content (AvgIpc) is 2.75. The van der Waals surface area contributed by atoms with Gasteiger partial charge in [-0.1, -0.05) is 12.1 Å². The lowest BCUT2D eigenvalue weighted by Crippen LogP contribution is -2.13. The van der Waals surface area contributed by atoms with Gasteiger partial charge in [-0.25, -0.2) is 0 Å². The van der Waals surface area contributed by atoms with E-state index in [4.69, 9.17) is 11.0 Å². The van der Waals surface area contributed by atoms with Crippen molar-refractivity contribution in [3.63, 3.8) is 0 Å². The number of nitrogens with zero attached hydrogens (tertiary/aromatic N) is 4. The molecule has 0 atom stereocenters. The highest BCUT2D eigenvalue weighted by molar-refractivity contribution is 5.99. The van der Waals surface area contributed by atoms with Crippen LogP contribution in [0, 0.1) is 21.4 Å². The second-order valence-electron chi connectivity index (χ2n) is 3.95. The second-order valence-corrected chi connectivity index (χ2v) is 3.95. The predicted octanol–water partition coefficient (Wildman–Crippen LogP) is 0.966. The van der Waals surface area contributed by atoms with Crippen molar-refractivity contribution in [1.82, 2.24) is 9.55 Å². The third-order valence-electron chi connectivity index (χ3n) is 2.79. The molecule has 0 aliphatic rings. The Labute approximate surface area is 113 Å². The Morgan fingerprint density at radius 1 is 1.50 bits per heavy atom. The Balaban J connectivity index is 2.76. The second kappa shape index (κ2) is 4.81. The first-order chi connectivity index (χ1) is 9.47. The van der Waals surface area contributed by atoms with Crippen LogP contribution in [-0.4, -0.2) is 20.4 Å². The number of nitriles is 1. The molecule has 2 rings (SSSR count). The lowest BCUT2D eigenvalue weighted by atomic mass is 10.1. The number of hydrogen-bond acceptors (Lipinski definition) is 5. The molecule has 0 spiro atoms. The summed E-state index contributed by atoms with van der Waals surface area (Å²) in [7, 11) is 1.46. The van der Waals surface area contributed by atoms with Crippen molar-refractivity contribution in [3.05, 3.63) is 45.6 Å². The van der Waals surface area contributed by atoms with Crippen LogP contribution in [0.25, 0.3) is 11.4 Å². The molecule has 0 saturated heterocycles. The first-order valence-electron chi connectivity index (χ1n) is 5.47. The molecule has 8 nitrogen and oxygen atoms in total. The monoisotopic (exact) mass is 271 g/mol. The van der Waals surface area contributed by atoms with Gasteiger partial charge in [0.2, 0.25) is 11.6 Å². The molecular weight excluding hydrogens is 262 g/mol. The van der Waals surface area contributed by atoms with Gasteiger partial charge >= 0.3 is 5.82 Å². The summed E-state index contributed by atoms with van der Waals surface area (Å²) in [4.78, 5) is 25.4. The molecule has 0 unspecified atom stereocenters. The number of rotatable bonds is 3. The van der Waals surface area contributed by atoms with Gasteiger partial charge in [-0.15, -0.1) is 0 Å². The highest BCUT2D eigenvalue weighted by atomic mass is 16.6. The summed E-state index contributed by atoms with van der Waals surface area (Å²) < 4.78 is 1.26. The number of nitro groups is 1. The van der Waals surface area contributed by atoms with E-state index in [1.54, 1.807) is 24.3 Å². The summed E-state index contributed by atoms with van der Waals surface area (Å²) >= 11 is 0. The first-order valence-corrected chi connectivity index (χ1v) is 5.47. The smallest absolute Gasteiger partial charge is 0.366 e. The van der Waals surface area contributed by atoms with Gasteiger partial charge in [-0.3, -0.25) is 9.36 Å². The average molecular weight is 271 g/mol. The maximum atomic E-state index is 11.4. The zero-order valence-corrected chi connectivity index (χ0v) is 10.4. The lowest BCUT2D eigenvalue weighted by Gasteiger charge is -2.03. The minimum Gasteiger partial charge on any atom is -0.366 e. The molecule has 1 heterocycles. The molecule has 20 heavy (non-hydrogen) atoms. The van der Waals surface area contributed by atoms with Crippen LogP contribution < -0.4 is 5.73 Å². The van der Waals surface area contributed by atoms with Crippen molar-refractivity contribution >= 4 is 11.7 Å². The first kappa shape index (κ1) is 13.2. The van der Waals surface area contributed by atoms with Crippen LogP contribution in [0.3, 0.4) is 0 Å². The van der Waals surface area contributed by atoms with Gasteiger partial charge in [-0.2, -0.15) is 5.26 Å². The van der Waals surface area contributed by atoms with Crippen LogP contribution in [0.1, 0.15) is 16.1 Å². The van der Waals surface area contributed by atoms with Crippen molar-refractivity contribution in [2.24, 2.45) is 12.8 Å². The van der Waals surface area contributed by atoms with E-state index in [1.165, 1.54) is 17.7 Å². The quantitative estimate of drug-likeness (QED) is 0.656.